The Hall–Kier alpha value is -2.34. The molecule has 6 heteroatoms. The third kappa shape index (κ3) is 1.91. The van der Waals surface area contributed by atoms with E-state index in [2.05, 4.69) is 21.7 Å². The number of aromatic nitrogens is 2. The van der Waals surface area contributed by atoms with E-state index in [-0.39, 0.29) is 12.0 Å². The lowest BCUT2D eigenvalue weighted by Gasteiger charge is -2.40. The Kier molecular flexibility index (Phi) is 2.94. The maximum Gasteiger partial charge on any atom is 0.407 e. The van der Waals surface area contributed by atoms with Gasteiger partial charge in [0.15, 0.2) is 0 Å². The Labute approximate surface area is 127 Å². The molecule has 4 rings (SSSR count). The van der Waals surface area contributed by atoms with E-state index in [0.29, 0.717) is 19.5 Å². The topological polar surface area (TPSA) is 78.6 Å². The summed E-state index contributed by atoms with van der Waals surface area (Å²) in [4.78, 5) is 16.4. The minimum atomic E-state index is -0.911. The molecule has 2 N–H and O–H groups in total. The van der Waals surface area contributed by atoms with Gasteiger partial charge in [0, 0.05) is 24.6 Å². The zero-order chi connectivity index (χ0) is 15.3. The average molecular weight is 299 g/mol. The summed E-state index contributed by atoms with van der Waals surface area (Å²) in [6.45, 7) is 0.837. The van der Waals surface area contributed by atoms with Crippen molar-refractivity contribution in [3.05, 3.63) is 42.4 Å². The fraction of sp³-hybridized carbons (Fsp3) is 0.375. The van der Waals surface area contributed by atoms with Crippen molar-refractivity contribution in [2.24, 2.45) is 5.92 Å². The van der Waals surface area contributed by atoms with Gasteiger partial charge in [-0.25, -0.2) is 9.78 Å². The fourth-order valence-corrected chi connectivity index (χ4v) is 3.51. The SMILES string of the molecule is O=C(O)N1CC(C(O)CC2c3ccccc3-c3cncn32)C1. The number of aliphatic hydroxyl groups is 1. The molecule has 0 saturated carbocycles. The molecular formula is C16H17N3O3. The third-order valence-corrected chi connectivity index (χ3v) is 4.79. The highest BCUT2D eigenvalue weighted by molar-refractivity contribution is 5.69. The van der Waals surface area contributed by atoms with Gasteiger partial charge < -0.3 is 19.7 Å². The summed E-state index contributed by atoms with van der Waals surface area (Å²) in [5.74, 6) is 0.0239. The van der Waals surface area contributed by atoms with Gasteiger partial charge in [-0.1, -0.05) is 24.3 Å². The number of aliphatic hydroxyl groups excluding tert-OH is 1. The Morgan fingerprint density at radius 2 is 2.14 bits per heavy atom. The van der Waals surface area contributed by atoms with Crippen LogP contribution in [0, 0.1) is 5.92 Å². The number of rotatable bonds is 3. The van der Waals surface area contributed by atoms with Crippen molar-refractivity contribution in [3.8, 4) is 11.3 Å². The molecule has 114 valence electrons. The van der Waals surface area contributed by atoms with Crippen molar-refractivity contribution in [1.82, 2.24) is 14.5 Å². The number of hydrogen-bond donors (Lipinski definition) is 2. The number of likely N-dealkylation sites (tertiary alicyclic amines) is 1. The van der Waals surface area contributed by atoms with Gasteiger partial charge in [-0.2, -0.15) is 0 Å². The number of fused-ring (bicyclic) bond motifs is 3. The van der Waals surface area contributed by atoms with Crippen molar-refractivity contribution in [3.63, 3.8) is 0 Å². The van der Waals surface area contributed by atoms with Gasteiger partial charge in [-0.3, -0.25) is 0 Å². The highest BCUT2D eigenvalue weighted by Gasteiger charge is 2.38. The fourth-order valence-electron chi connectivity index (χ4n) is 3.51. The zero-order valence-electron chi connectivity index (χ0n) is 12.0. The summed E-state index contributed by atoms with van der Waals surface area (Å²) in [5, 5.41) is 19.3. The Morgan fingerprint density at radius 3 is 2.91 bits per heavy atom. The summed E-state index contributed by atoms with van der Waals surface area (Å²) in [5.41, 5.74) is 3.44. The second kappa shape index (κ2) is 4.84. The monoisotopic (exact) mass is 299 g/mol. The molecule has 1 amide bonds. The van der Waals surface area contributed by atoms with E-state index < -0.39 is 12.2 Å². The molecule has 2 aliphatic heterocycles. The van der Waals surface area contributed by atoms with Crippen LogP contribution in [0.4, 0.5) is 4.79 Å². The molecule has 1 aromatic carbocycles. The lowest BCUT2D eigenvalue weighted by atomic mass is 9.88. The molecule has 3 heterocycles. The Morgan fingerprint density at radius 1 is 1.36 bits per heavy atom. The number of benzene rings is 1. The van der Waals surface area contributed by atoms with Gasteiger partial charge in [0.25, 0.3) is 0 Å². The normalized spacial score (nSPS) is 21.1. The molecule has 2 aromatic rings. The van der Waals surface area contributed by atoms with Crippen LogP contribution in [0.3, 0.4) is 0 Å². The minimum Gasteiger partial charge on any atom is -0.465 e. The van der Waals surface area contributed by atoms with Crippen molar-refractivity contribution >= 4 is 6.09 Å². The first-order valence-electron chi connectivity index (χ1n) is 7.42. The van der Waals surface area contributed by atoms with Crippen LogP contribution in [0.1, 0.15) is 18.0 Å². The maximum absolute atomic E-state index is 10.8. The molecule has 0 spiro atoms. The molecule has 22 heavy (non-hydrogen) atoms. The van der Waals surface area contributed by atoms with E-state index in [0.717, 1.165) is 11.3 Å². The van der Waals surface area contributed by atoms with Crippen molar-refractivity contribution < 1.29 is 15.0 Å². The second-order valence-electron chi connectivity index (χ2n) is 6.04. The van der Waals surface area contributed by atoms with Gasteiger partial charge in [0.05, 0.1) is 30.4 Å². The smallest absolute Gasteiger partial charge is 0.407 e. The average Bonchev–Trinajstić information content (AvgIpc) is 3.00. The number of carboxylic acid groups (broad SMARTS) is 1. The Balaban J connectivity index is 1.53. The molecule has 0 bridgehead atoms. The number of amides is 1. The molecule has 6 nitrogen and oxygen atoms in total. The Bertz CT molecular complexity index is 721. The van der Waals surface area contributed by atoms with Crippen LogP contribution >= 0.6 is 0 Å². The maximum atomic E-state index is 10.8. The quantitative estimate of drug-likeness (QED) is 0.906. The van der Waals surface area contributed by atoms with Crippen molar-refractivity contribution in [1.29, 1.82) is 0 Å². The summed E-state index contributed by atoms with van der Waals surface area (Å²) in [6, 6.07) is 8.25. The van der Waals surface area contributed by atoms with Crippen LogP contribution in [-0.4, -0.2) is 50.0 Å². The van der Waals surface area contributed by atoms with Gasteiger partial charge in [0.1, 0.15) is 0 Å². The summed E-state index contributed by atoms with van der Waals surface area (Å²) >= 11 is 0. The van der Waals surface area contributed by atoms with E-state index in [1.807, 2.05) is 18.3 Å². The van der Waals surface area contributed by atoms with Crippen LogP contribution in [0.25, 0.3) is 11.3 Å². The first kappa shape index (κ1) is 13.3. The number of carbonyl (C=O) groups is 1. The molecule has 1 fully saturated rings. The minimum absolute atomic E-state index is 0.0239. The lowest BCUT2D eigenvalue weighted by molar-refractivity contribution is -0.00375. The second-order valence-corrected chi connectivity index (χ2v) is 6.04. The van der Waals surface area contributed by atoms with Gasteiger partial charge in [0.2, 0.25) is 0 Å². The van der Waals surface area contributed by atoms with Crippen LogP contribution in [0.5, 0.6) is 0 Å². The van der Waals surface area contributed by atoms with E-state index >= 15 is 0 Å². The summed E-state index contributed by atoms with van der Waals surface area (Å²) < 4.78 is 2.10. The molecule has 0 aliphatic carbocycles. The van der Waals surface area contributed by atoms with Crippen LogP contribution in [0.15, 0.2) is 36.8 Å². The number of imidazole rings is 1. The standard InChI is InChI=1S/C16H17N3O3/c20-15(10-7-18(8-10)16(21)22)5-13-11-3-1-2-4-12(11)14-6-17-9-19(13)14/h1-4,6,9-10,13,15,20H,5,7-8H2,(H,21,22). The van der Waals surface area contributed by atoms with Gasteiger partial charge in [-0.05, 0) is 12.0 Å². The van der Waals surface area contributed by atoms with Crippen LogP contribution in [-0.2, 0) is 0 Å². The molecular weight excluding hydrogens is 282 g/mol. The third-order valence-electron chi connectivity index (χ3n) is 4.79. The largest absolute Gasteiger partial charge is 0.465 e. The summed E-state index contributed by atoms with van der Waals surface area (Å²) in [7, 11) is 0. The van der Waals surface area contributed by atoms with Crippen molar-refractivity contribution in [2.45, 2.75) is 18.6 Å². The highest BCUT2D eigenvalue weighted by atomic mass is 16.4. The van der Waals surface area contributed by atoms with Crippen molar-refractivity contribution in [2.75, 3.05) is 13.1 Å². The first-order valence-corrected chi connectivity index (χ1v) is 7.42. The number of hydrogen-bond acceptors (Lipinski definition) is 3. The number of nitrogens with zero attached hydrogens (tertiary/aromatic N) is 3. The molecule has 1 aromatic heterocycles. The predicted molar refractivity (Wildman–Crippen MR) is 79.5 cm³/mol. The summed E-state index contributed by atoms with van der Waals surface area (Å²) in [6.07, 6.45) is 2.81. The molecule has 2 aliphatic rings. The molecule has 2 unspecified atom stereocenters. The van der Waals surface area contributed by atoms with Crippen LogP contribution < -0.4 is 0 Å². The molecule has 2 atom stereocenters. The first-order chi connectivity index (χ1) is 10.6. The van der Waals surface area contributed by atoms with E-state index in [4.69, 9.17) is 5.11 Å². The molecule has 1 saturated heterocycles. The van der Waals surface area contributed by atoms with E-state index in [1.54, 1.807) is 6.33 Å². The lowest BCUT2D eigenvalue weighted by Crippen LogP contribution is -2.54. The highest BCUT2D eigenvalue weighted by Crippen LogP contribution is 2.42. The van der Waals surface area contributed by atoms with E-state index in [1.165, 1.54) is 10.5 Å². The zero-order valence-corrected chi connectivity index (χ0v) is 12.0. The van der Waals surface area contributed by atoms with Crippen LogP contribution in [0.2, 0.25) is 0 Å². The molecule has 0 radical (unpaired) electrons. The van der Waals surface area contributed by atoms with Gasteiger partial charge in [-0.15, -0.1) is 0 Å². The van der Waals surface area contributed by atoms with Gasteiger partial charge >= 0.3 is 6.09 Å². The van der Waals surface area contributed by atoms with E-state index in [9.17, 15) is 9.90 Å². The predicted octanol–water partition coefficient (Wildman–Crippen LogP) is 1.81.